The molecule has 5 heteroatoms. The Hall–Kier alpha value is -3.44. The van der Waals surface area contributed by atoms with Crippen molar-refractivity contribution in [1.29, 1.82) is 0 Å². The molecule has 0 fully saturated rings. The van der Waals surface area contributed by atoms with Gasteiger partial charge in [-0.1, -0.05) is 60.7 Å². The Bertz CT molecular complexity index is 1270. The summed E-state index contributed by atoms with van der Waals surface area (Å²) in [5, 5.41) is 16.9. The summed E-state index contributed by atoms with van der Waals surface area (Å²) in [6, 6.07) is 19.6. The predicted molar refractivity (Wildman–Crippen MR) is 122 cm³/mol. The first-order valence-corrected chi connectivity index (χ1v) is 10.5. The minimum atomic E-state index is -1.05. The van der Waals surface area contributed by atoms with Crippen LogP contribution in [-0.4, -0.2) is 17.0 Å². The fourth-order valence-corrected chi connectivity index (χ4v) is 4.55. The maximum absolute atomic E-state index is 12.7. The van der Waals surface area contributed by atoms with Gasteiger partial charge in [0.05, 0.1) is 6.42 Å². The van der Waals surface area contributed by atoms with Crippen LogP contribution < -0.4 is 5.32 Å². The summed E-state index contributed by atoms with van der Waals surface area (Å²) in [4.78, 5) is 24.7. The Morgan fingerprint density at radius 3 is 2.50 bits per heavy atom. The molecule has 0 aliphatic carbocycles. The number of nitrogens with one attached hydrogen (secondary N) is 1. The van der Waals surface area contributed by atoms with Crippen LogP contribution >= 0.6 is 11.3 Å². The Kier molecular flexibility index (Phi) is 5.38. The molecule has 4 nitrogen and oxygen atoms in total. The van der Waals surface area contributed by atoms with E-state index in [4.69, 9.17) is 0 Å². The molecular weight excluding hydrogens is 394 g/mol. The lowest BCUT2D eigenvalue weighted by Gasteiger charge is -2.09. The molecule has 150 valence electrons. The van der Waals surface area contributed by atoms with E-state index in [1.165, 1.54) is 11.3 Å². The lowest BCUT2D eigenvalue weighted by Crippen LogP contribution is -2.16. The molecule has 0 radical (unpaired) electrons. The molecule has 1 aromatic heterocycles. The van der Waals surface area contributed by atoms with Gasteiger partial charge in [-0.05, 0) is 46.9 Å². The van der Waals surface area contributed by atoms with Crippen LogP contribution in [0.3, 0.4) is 0 Å². The van der Waals surface area contributed by atoms with Crippen molar-refractivity contribution >= 4 is 39.0 Å². The van der Waals surface area contributed by atoms with Gasteiger partial charge in [-0.25, -0.2) is 4.79 Å². The van der Waals surface area contributed by atoms with Gasteiger partial charge in [0.15, 0.2) is 0 Å². The second-order valence-electron chi connectivity index (χ2n) is 7.32. The Labute approximate surface area is 178 Å². The van der Waals surface area contributed by atoms with Gasteiger partial charge in [-0.3, -0.25) is 4.79 Å². The number of benzene rings is 3. The minimum absolute atomic E-state index is 0.134. The van der Waals surface area contributed by atoms with Crippen molar-refractivity contribution < 1.29 is 14.7 Å². The van der Waals surface area contributed by atoms with E-state index in [1.807, 2.05) is 74.5 Å². The number of rotatable bonds is 5. The van der Waals surface area contributed by atoms with Crippen LogP contribution in [0.5, 0.6) is 0 Å². The second kappa shape index (κ2) is 8.13. The molecule has 1 heterocycles. The van der Waals surface area contributed by atoms with Gasteiger partial charge in [0, 0.05) is 10.9 Å². The highest BCUT2D eigenvalue weighted by molar-refractivity contribution is 7.15. The Balaban J connectivity index is 1.63. The largest absolute Gasteiger partial charge is 0.478 e. The highest BCUT2D eigenvalue weighted by Gasteiger charge is 2.21. The first-order valence-electron chi connectivity index (χ1n) is 9.63. The predicted octanol–water partition coefficient (Wildman–Crippen LogP) is 6.06. The number of hydrogen-bond donors (Lipinski definition) is 2. The highest BCUT2D eigenvalue weighted by atomic mass is 32.1. The van der Waals surface area contributed by atoms with Crippen molar-refractivity contribution in [2.24, 2.45) is 0 Å². The van der Waals surface area contributed by atoms with Crippen molar-refractivity contribution in [3.05, 3.63) is 88.3 Å². The molecule has 0 aliphatic heterocycles. The minimum Gasteiger partial charge on any atom is -0.478 e. The summed E-state index contributed by atoms with van der Waals surface area (Å²) in [6.45, 7) is 4.02. The highest BCUT2D eigenvalue weighted by Crippen LogP contribution is 2.36. The average Bonchev–Trinajstić information content (AvgIpc) is 3.14. The number of hydrogen-bond acceptors (Lipinski definition) is 3. The maximum Gasteiger partial charge on any atom is 0.339 e. The molecule has 0 saturated heterocycles. The number of fused-ring (bicyclic) bond motifs is 1. The molecule has 30 heavy (non-hydrogen) atoms. The number of aromatic carboxylic acids is 1. The molecule has 3 aromatic carbocycles. The van der Waals surface area contributed by atoms with E-state index in [2.05, 4.69) is 5.32 Å². The number of anilines is 1. The smallest absolute Gasteiger partial charge is 0.339 e. The molecule has 4 aromatic rings. The lowest BCUT2D eigenvalue weighted by molar-refractivity contribution is -0.115. The van der Waals surface area contributed by atoms with E-state index in [1.54, 1.807) is 5.38 Å². The van der Waals surface area contributed by atoms with E-state index in [9.17, 15) is 14.7 Å². The van der Waals surface area contributed by atoms with Crippen LogP contribution in [0.2, 0.25) is 0 Å². The normalized spacial score (nSPS) is 10.9. The van der Waals surface area contributed by atoms with Crippen LogP contribution in [0.25, 0.3) is 21.9 Å². The third-order valence-corrected chi connectivity index (χ3v) is 6.20. The molecule has 0 saturated carbocycles. The topological polar surface area (TPSA) is 66.4 Å². The van der Waals surface area contributed by atoms with E-state index in [0.29, 0.717) is 10.6 Å². The molecule has 4 rings (SSSR count). The third-order valence-electron chi connectivity index (χ3n) is 5.31. The molecule has 0 atom stereocenters. The van der Waals surface area contributed by atoms with Crippen molar-refractivity contribution in [2.75, 3.05) is 5.32 Å². The number of carbonyl (C=O) groups is 2. The van der Waals surface area contributed by atoms with E-state index in [-0.39, 0.29) is 17.9 Å². The van der Waals surface area contributed by atoms with Crippen molar-refractivity contribution in [1.82, 2.24) is 0 Å². The van der Waals surface area contributed by atoms with E-state index in [0.717, 1.165) is 33.0 Å². The molecule has 0 bridgehead atoms. The zero-order chi connectivity index (χ0) is 21.3. The van der Waals surface area contributed by atoms with Crippen molar-refractivity contribution in [3.8, 4) is 11.1 Å². The average molecular weight is 416 g/mol. The number of aryl methyl sites for hydroxylation is 2. The Morgan fingerprint density at radius 1 is 0.967 bits per heavy atom. The van der Waals surface area contributed by atoms with Gasteiger partial charge in [0.1, 0.15) is 10.6 Å². The maximum atomic E-state index is 12.7. The molecular formula is C25H21NO3S. The van der Waals surface area contributed by atoms with Crippen LogP contribution in [0.15, 0.2) is 66.0 Å². The second-order valence-corrected chi connectivity index (χ2v) is 8.20. The number of amides is 1. The quantitative estimate of drug-likeness (QED) is 0.416. The fourth-order valence-electron chi connectivity index (χ4n) is 3.57. The first kappa shape index (κ1) is 19.9. The number of carboxylic acids is 1. The molecule has 0 unspecified atom stereocenters. The van der Waals surface area contributed by atoms with Gasteiger partial charge in [0.25, 0.3) is 0 Å². The Morgan fingerprint density at radius 2 is 1.73 bits per heavy atom. The summed E-state index contributed by atoms with van der Waals surface area (Å²) in [7, 11) is 0. The zero-order valence-electron chi connectivity index (χ0n) is 16.7. The van der Waals surface area contributed by atoms with Gasteiger partial charge in [-0.2, -0.15) is 0 Å². The summed E-state index contributed by atoms with van der Waals surface area (Å²) in [5.41, 5.74) is 4.74. The standard InChI is InChI=1S/C25H21NO3S/c1-15-10-11-19(12-16(15)2)21-14-30-24(23(21)25(28)29)26-22(27)13-18-8-5-7-17-6-3-4-9-20(17)18/h3-12,14H,13H2,1-2H3,(H,26,27)(H,28,29). The van der Waals surface area contributed by atoms with Gasteiger partial charge < -0.3 is 10.4 Å². The third kappa shape index (κ3) is 3.84. The number of thiophene rings is 1. The van der Waals surface area contributed by atoms with Gasteiger partial charge in [0.2, 0.25) is 5.91 Å². The van der Waals surface area contributed by atoms with Crippen LogP contribution in [0.1, 0.15) is 27.0 Å². The van der Waals surface area contributed by atoms with Crippen LogP contribution in [-0.2, 0) is 11.2 Å². The fraction of sp³-hybridized carbons (Fsp3) is 0.120. The molecule has 0 aliphatic rings. The van der Waals surface area contributed by atoms with Crippen molar-refractivity contribution in [3.63, 3.8) is 0 Å². The summed E-state index contributed by atoms with van der Waals surface area (Å²) in [5.74, 6) is -1.28. The summed E-state index contributed by atoms with van der Waals surface area (Å²) < 4.78 is 0. The van der Waals surface area contributed by atoms with Crippen LogP contribution in [0.4, 0.5) is 5.00 Å². The van der Waals surface area contributed by atoms with Gasteiger partial charge >= 0.3 is 5.97 Å². The molecule has 2 N–H and O–H groups in total. The monoisotopic (exact) mass is 415 g/mol. The van der Waals surface area contributed by atoms with E-state index < -0.39 is 5.97 Å². The van der Waals surface area contributed by atoms with Crippen molar-refractivity contribution in [2.45, 2.75) is 20.3 Å². The zero-order valence-corrected chi connectivity index (χ0v) is 17.5. The summed E-state index contributed by atoms with van der Waals surface area (Å²) in [6.07, 6.45) is 0.178. The van der Waals surface area contributed by atoms with Gasteiger partial charge in [-0.15, -0.1) is 11.3 Å². The molecule has 0 spiro atoms. The SMILES string of the molecule is Cc1ccc(-c2csc(NC(=O)Cc3cccc4ccccc34)c2C(=O)O)cc1C. The first-order chi connectivity index (χ1) is 14.4. The number of carboxylic acid groups (broad SMARTS) is 1. The van der Waals surface area contributed by atoms with Crippen LogP contribution in [0, 0.1) is 13.8 Å². The van der Waals surface area contributed by atoms with E-state index >= 15 is 0 Å². The number of carbonyl (C=O) groups excluding carboxylic acids is 1. The summed E-state index contributed by atoms with van der Waals surface area (Å²) >= 11 is 1.24. The molecule has 1 amide bonds. The lowest BCUT2D eigenvalue weighted by atomic mass is 9.99.